The average Bonchev–Trinajstić information content (AvgIpc) is 3.52. The lowest BCUT2D eigenvalue weighted by Crippen LogP contribution is -2.27. The maximum Gasteiger partial charge on any atom is 0.256 e. The van der Waals surface area contributed by atoms with Crippen molar-refractivity contribution in [1.82, 2.24) is 14.1 Å². The molecule has 1 saturated heterocycles. The van der Waals surface area contributed by atoms with Gasteiger partial charge in [0, 0.05) is 35.0 Å². The zero-order valence-corrected chi connectivity index (χ0v) is 19.8. The second kappa shape index (κ2) is 8.51. The van der Waals surface area contributed by atoms with Gasteiger partial charge >= 0.3 is 0 Å². The Morgan fingerprint density at radius 1 is 1.03 bits per heavy atom. The predicted octanol–water partition coefficient (Wildman–Crippen LogP) is 2.98. The molecule has 33 heavy (non-hydrogen) atoms. The molecule has 8 nitrogen and oxygen atoms in total. The number of aromatic nitrogens is 2. The van der Waals surface area contributed by atoms with Crippen LogP contribution in [0.5, 0.6) is 0 Å². The van der Waals surface area contributed by atoms with Crippen LogP contribution in [0.1, 0.15) is 40.0 Å². The van der Waals surface area contributed by atoms with E-state index in [1.54, 1.807) is 4.68 Å². The summed E-state index contributed by atoms with van der Waals surface area (Å²) < 4.78 is 40.8. The summed E-state index contributed by atoms with van der Waals surface area (Å²) in [5.74, 6) is 0.823. The fourth-order valence-electron chi connectivity index (χ4n) is 4.27. The Morgan fingerprint density at radius 3 is 2.42 bits per heavy atom. The first-order valence-electron chi connectivity index (χ1n) is 10.8. The molecule has 5 rings (SSSR count). The molecular formula is C23H24N4O4S2. The Balaban J connectivity index is 1.45. The summed E-state index contributed by atoms with van der Waals surface area (Å²) in [4.78, 5) is 13.3. The van der Waals surface area contributed by atoms with E-state index in [-0.39, 0.29) is 10.8 Å². The zero-order chi connectivity index (χ0) is 23.2. The van der Waals surface area contributed by atoms with Crippen LogP contribution >= 0.6 is 0 Å². The zero-order valence-electron chi connectivity index (χ0n) is 18.2. The number of carbonyl (C=O) groups excluding carboxylic acids is 1. The van der Waals surface area contributed by atoms with E-state index in [9.17, 15) is 17.4 Å². The van der Waals surface area contributed by atoms with E-state index >= 15 is 0 Å². The maximum atomic E-state index is 13.1. The molecule has 0 aliphatic carbocycles. The molecular weight excluding hydrogens is 460 g/mol. The lowest BCUT2D eigenvalue weighted by atomic mass is 10.2. The molecule has 1 atom stereocenters. The molecule has 2 aliphatic heterocycles. The highest BCUT2D eigenvalue weighted by atomic mass is 32.2. The topological polar surface area (TPSA) is 101 Å². The number of fused-ring (bicyclic) bond motifs is 1. The molecule has 2 aromatic carbocycles. The highest BCUT2D eigenvalue weighted by Crippen LogP contribution is 2.32. The number of hydrogen-bond acceptors (Lipinski definition) is 5. The van der Waals surface area contributed by atoms with Gasteiger partial charge in [-0.1, -0.05) is 18.2 Å². The van der Waals surface area contributed by atoms with Crippen molar-refractivity contribution in [2.45, 2.75) is 36.2 Å². The lowest BCUT2D eigenvalue weighted by molar-refractivity contribution is 0.102. The fraction of sp³-hybridized carbons (Fsp3) is 0.304. The summed E-state index contributed by atoms with van der Waals surface area (Å²) >= 11 is 0. The molecule has 3 aromatic rings. The van der Waals surface area contributed by atoms with Crippen LogP contribution in [0, 0.1) is 6.92 Å². The monoisotopic (exact) mass is 484 g/mol. The van der Waals surface area contributed by atoms with Crippen LogP contribution < -0.4 is 5.32 Å². The molecule has 0 spiro atoms. The fourth-order valence-corrected chi connectivity index (χ4v) is 7.05. The molecule has 1 aromatic heterocycles. The Kier molecular flexibility index (Phi) is 5.67. The summed E-state index contributed by atoms with van der Waals surface area (Å²) in [6, 6.07) is 13.7. The largest absolute Gasteiger partial charge is 0.306 e. The van der Waals surface area contributed by atoms with E-state index in [1.165, 1.54) is 28.6 Å². The SMILES string of the molecule is Cc1ccccc1-n1nc2c(c1NC(=O)c1ccc(S(=O)(=O)N3CCCC3)cc1)CS(=O)C2. The molecule has 2 aliphatic rings. The van der Waals surface area contributed by atoms with Crippen molar-refractivity contribution in [3.05, 3.63) is 70.9 Å². The number of rotatable bonds is 5. The van der Waals surface area contributed by atoms with Gasteiger partial charge in [-0.3, -0.25) is 9.00 Å². The molecule has 0 radical (unpaired) electrons. The minimum Gasteiger partial charge on any atom is -0.306 e. The van der Waals surface area contributed by atoms with Gasteiger partial charge in [-0.15, -0.1) is 0 Å². The third-order valence-corrected chi connectivity index (χ3v) is 9.18. The van der Waals surface area contributed by atoms with Crippen LogP contribution in [0.25, 0.3) is 5.69 Å². The average molecular weight is 485 g/mol. The highest BCUT2D eigenvalue weighted by molar-refractivity contribution is 7.89. The number of nitrogens with one attached hydrogen (secondary N) is 1. The third-order valence-electron chi connectivity index (χ3n) is 6.06. The van der Waals surface area contributed by atoms with Gasteiger partial charge in [-0.25, -0.2) is 13.1 Å². The molecule has 3 heterocycles. The van der Waals surface area contributed by atoms with E-state index in [2.05, 4.69) is 10.4 Å². The Hall–Kier alpha value is -2.82. The number of para-hydroxylation sites is 1. The van der Waals surface area contributed by atoms with Crippen molar-refractivity contribution in [1.29, 1.82) is 0 Å². The van der Waals surface area contributed by atoms with Gasteiger partial charge in [-0.05, 0) is 55.7 Å². The number of carbonyl (C=O) groups is 1. The molecule has 1 unspecified atom stereocenters. The maximum absolute atomic E-state index is 13.1. The van der Waals surface area contributed by atoms with Gasteiger partial charge in [0.05, 0.1) is 27.8 Å². The molecule has 10 heteroatoms. The van der Waals surface area contributed by atoms with Gasteiger partial charge in [0.25, 0.3) is 5.91 Å². The quantitative estimate of drug-likeness (QED) is 0.600. The van der Waals surface area contributed by atoms with Crippen LogP contribution in [0.4, 0.5) is 5.82 Å². The Labute approximate surface area is 195 Å². The number of sulfonamides is 1. The van der Waals surface area contributed by atoms with Gasteiger partial charge in [0.15, 0.2) is 0 Å². The van der Waals surface area contributed by atoms with Crippen LogP contribution in [0.3, 0.4) is 0 Å². The van der Waals surface area contributed by atoms with E-state index < -0.39 is 20.8 Å². The number of aryl methyl sites for hydroxylation is 1. The van der Waals surface area contributed by atoms with Crippen molar-refractivity contribution in [2.24, 2.45) is 0 Å². The van der Waals surface area contributed by atoms with Gasteiger partial charge in [-0.2, -0.15) is 9.40 Å². The summed E-state index contributed by atoms with van der Waals surface area (Å²) in [5.41, 5.74) is 3.66. The normalized spacial score (nSPS) is 18.4. The molecule has 0 saturated carbocycles. The van der Waals surface area contributed by atoms with Crippen LogP contribution in [-0.2, 0) is 32.3 Å². The van der Waals surface area contributed by atoms with Crippen molar-refractivity contribution in [2.75, 3.05) is 18.4 Å². The van der Waals surface area contributed by atoms with Crippen molar-refractivity contribution >= 4 is 32.5 Å². The Bertz CT molecular complexity index is 1360. The van der Waals surface area contributed by atoms with Crippen molar-refractivity contribution in [3.63, 3.8) is 0 Å². The minimum absolute atomic E-state index is 0.183. The molecule has 1 fully saturated rings. The van der Waals surface area contributed by atoms with E-state index in [4.69, 9.17) is 0 Å². The second-order valence-electron chi connectivity index (χ2n) is 8.29. The van der Waals surface area contributed by atoms with E-state index in [0.717, 1.165) is 35.3 Å². The van der Waals surface area contributed by atoms with E-state index in [1.807, 2.05) is 31.2 Å². The second-order valence-corrected chi connectivity index (χ2v) is 11.7. The smallest absolute Gasteiger partial charge is 0.256 e. The van der Waals surface area contributed by atoms with Gasteiger partial charge in [0.2, 0.25) is 10.0 Å². The first-order chi connectivity index (χ1) is 15.8. The first kappa shape index (κ1) is 22.0. The van der Waals surface area contributed by atoms with Crippen molar-refractivity contribution < 1.29 is 17.4 Å². The number of benzene rings is 2. The number of amides is 1. The summed E-state index contributed by atoms with van der Waals surface area (Å²) in [6.07, 6.45) is 1.73. The summed E-state index contributed by atoms with van der Waals surface area (Å²) in [6.45, 7) is 3.02. The standard InChI is InChI=1S/C23H24N4O4S2/c1-16-6-2-3-7-21(16)27-22(19-14-32(29)15-20(19)25-27)24-23(28)17-8-10-18(11-9-17)33(30,31)26-12-4-5-13-26/h2-3,6-11H,4-5,12-15H2,1H3,(H,24,28). The van der Waals surface area contributed by atoms with Crippen LogP contribution in [0.15, 0.2) is 53.4 Å². The summed E-state index contributed by atoms with van der Waals surface area (Å²) in [7, 11) is -4.58. The van der Waals surface area contributed by atoms with Gasteiger partial charge in [0.1, 0.15) is 5.82 Å². The number of hydrogen-bond donors (Lipinski definition) is 1. The van der Waals surface area contributed by atoms with Crippen molar-refractivity contribution in [3.8, 4) is 5.69 Å². The Morgan fingerprint density at radius 2 is 1.73 bits per heavy atom. The first-order valence-corrected chi connectivity index (χ1v) is 13.7. The molecule has 172 valence electrons. The number of nitrogens with zero attached hydrogens (tertiary/aromatic N) is 3. The van der Waals surface area contributed by atoms with Gasteiger partial charge < -0.3 is 5.32 Å². The molecule has 0 bridgehead atoms. The predicted molar refractivity (Wildman–Crippen MR) is 126 cm³/mol. The van der Waals surface area contributed by atoms with E-state index in [0.29, 0.717) is 36.0 Å². The number of anilines is 1. The minimum atomic E-state index is -3.54. The lowest BCUT2D eigenvalue weighted by Gasteiger charge is -2.16. The van der Waals surface area contributed by atoms with Crippen LogP contribution in [-0.4, -0.2) is 45.7 Å². The molecule has 1 N–H and O–H groups in total. The summed E-state index contributed by atoms with van der Waals surface area (Å²) in [5, 5.41) is 7.57. The molecule has 1 amide bonds. The van der Waals surface area contributed by atoms with Crippen LogP contribution in [0.2, 0.25) is 0 Å². The highest BCUT2D eigenvalue weighted by Gasteiger charge is 2.30. The third kappa shape index (κ3) is 4.03.